The SMILES string of the molecule is O=C/C=C\C#CO. The fourth-order valence-electron chi connectivity index (χ4n) is 0.125. The fourth-order valence-corrected chi connectivity index (χ4v) is 0.125. The Balaban J connectivity index is 3.40. The lowest BCUT2D eigenvalue weighted by Crippen LogP contribution is -1.55. The van der Waals surface area contributed by atoms with E-state index in [0.717, 1.165) is 0 Å². The van der Waals surface area contributed by atoms with Gasteiger partial charge in [0.1, 0.15) is 12.4 Å². The molecule has 0 aliphatic rings. The van der Waals surface area contributed by atoms with E-state index in [2.05, 4.69) is 5.92 Å². The van der Waals surface area contributed by atoms with Crippen LogP contribution in [-0.4, -0.2) is 11.4 Å². The molecule has 0 atom stereocenters. The molecule has 0 spiro atoms. The van der Waals surface area contributed by atoms with Crippen molar-refractivity contribution in [3.05, 3.63) is 12.2 Å². The van der Waals surface area contributed by atoms with Crippen LogP contribution in [0.1, 0.15) is 0 Å². The van der Waals surface area contributed by atoms with Gasteiger partial charge in [0.2, 0.25) is 0 Å². The maximum atomic E-state index is 9.44. The van der Waals surface area contributed by atoms with Crippen molar-refractivity contribution in [2.45, 2.75) is 0 Å². The van der Waals surface area contributed by atoms with E-state index in [4.69, 9.17) is 5.11 Å². The molecule has 2 nitrogen and oxygen atoms in total. The average Bonchev–Trinajstić information content (AvgIpc) is 1.69. The zero-order valence-corrected chi connectivity index (χ0v) is 3.59. The van der Waals surface area contributed by atoms with E-state index in [-0.39, 0.29) is 0 Å². The van der Waals surface area contributed by atoms with Crippen molar-refractivity contribution in [3.8, 4) is 12.0 Å². The molecule has 0 fully saturated rings. The Morgan fingerprint density at radius 3 is 2.71 bits per heavy atom. The molecule has 0 bridgehead atoms. The molecule has 0 heterocycles. The summed E-state index contributed by atoms with van der Waals surface area (Å²) in [6.07, 6.45) is 4.65. The van der Waals surface area contributed by atoms with Crippen molar-refractivity contribution < 1.29 is 9.90 Å². The third kappa shape index (κ3) is 4.77. The monoisotopic (exact) mass is 96.0 g/mol. The van der Waals surface area contributed by atoms with Crippen molar-refractivity contribution in [2.24, 2.45) is 0 Å². The number of aliphatic hydroxyl groups excluding tert-OH is 1. The summed E-state index contributed by atoms with van der Waals surface area (Å²) < 4.78 is 0. The lowest BCUT2D eigenvalue weighted by Gasteiger charge is -1.56. The van der Waals surface area contributed by atoms with Gasteiger partial charge in [0.15, 0.2) is 0 Å². The number of carbonyl (C=O) groups is 1. The van der Waals surface area contributed by atoms with Crippen LogP contribution in [0.2, 0.25) is 0 Å². The largest absolute Gasteiger partial charge is 0.462 e. The van der Waals surface area contributed by atoms with Crippen molar-refractivity contribution in [2.75, 3.05) is 0 Å². The van der Waals surface area contributed by atoms with Gasteiger partial charge in [-0.15, -0.1) is 0 Å². The Labute approximate surface area is 41.5 Å². The molecule has 0 aliphatic heterocycles. The van der Waals surface area contributed by atoms with Gasteiger partial charge < -0.3 is 5.11 Å². The molecule has 7 heavy (non-hydrogen) atoms. The Kier molecular flexibility index (Phi) is 3.93. The summed E-state index contributed by atoms with van der Waals surface area (Å²) in [5.41, 5.74) is 0. The minimum absolute atomic E-state index is 0.588. The zero-order valence-electron chi connectivity index (χ0n) is 3.59. The van der Waals surface area contributed by atoms with Crippen LogP contribution < -0.4 is 0 Å². The normalized spacial score (nSPS) is 7.43. The van der Waals surface area contributed by atoms with E-state index in [0.29, 0.717) is 6.29 Å². The number of carbonyl (C=O) groups excluding carboxylic acids is 1. The van der Waals surface area contributed by atoms with Crippen LogP contribution in [0.15, 0.2) is 12.2 Å². The first kappa shape index (κ1) is 5.77. The quantitative estimate of drug-likeness (QED) is 0.285. The Morgan fingerprint density at radius 2 is 2.29 bits per heavy atom. The summed E-state index contributed by atoms with van der Waals surface area (Å²) in [6.45, 7) is 0. The predicted octanol–water partition coefficient (Wildman–Crippen LogP) is 0.0749. The van der Waals surface area contributed by atoms with Crippen LogP contribution in [0.5, 0.6) is 0 Å². The molecular weight excluding hydrogens is 92.1 g/mol. The molecule has 0 unspecified atom stereocenters. The number of aldehydes is 1. The summed E-state index contributed by atoms with van der Waals surface area (Å²) in [7, 11) is 0. The molecule has 0 rings (SSSR count). The Morgan fingerprint density at radius 1 is 1.57 bits per heavy atom. The standard InChI is InChI=1S/C5H4O2/c6-4-2-1-3-5-7/h1-2,4,7H/b2-1-. The van der Waals surface area contributed by atoms with Crippen LogP contribution in [0, 0.1) is 12.0 Å². The van der Waals surface area contributed by atoms with Crippen molar-refractivity contribution in [1.29, 1.82) is 0 Å². The summed E-state index contributed by atoms with van der Waals surface area (Å²) in [5.74, 6) is 2.14. The number of hydrogen-bond donors (Lipinski definition) is 1. The van der Waals surface area contributed by atoms with E-state index in [1.54, 1.807) is 6.11 Å². The molecule has 0 aromatic carbocycles. The molecule has 0 aliphatic carbocycles. The highest BCUT2D eigenvalue weighted by atomic mass is 16.2. The topological polar surface area (TPSA) is 37.3 Å². The van der Waals surface area contributed by atoms with Crippen LogP contribution in [0.4, 0.5) is 0 Å². The molecule has 2 heteroatoms. The van der Waals surface area contributed by atoms with E-state index in [1.165, 1.54) is 12.2 Å². The molecule has 0 radical (unpaired) electrons. The minimum Gasteiger partial charge on any atom is -0.462 e. The number of aliphatic hydroxyl groups is 1. The molecule has 1 N–H and O–H groups in total. The van der Waals surface area contributed by atoms with E-state index in [9.17, 15) is 4.79 Å². The maximum Gasteiger partial charge on any atom is 0.143 e. The van der Waals surface area contributed by atoms with Gasteiger partial charge >= 0.3 is 0 Å². The molecule has 0 aromatic rings. The van der Waals surface area contributed by atoms with Crippen LogP contribution in [0.25, 0.3) is 0 Å². The van der Waals surface area contributed by atoms with E-state index in [1.807, 2.05) is 0 Å². The predicted molar refractivity (Wildman–Crippen MR) is 24.9 cm³/mol. The first-order valence-corrected chi connectivity index (χ1v) is 1.66. The molecule has 0 saturated carbocycles. The molecule has 0 aromatic heterocycles. The second-order valence-corrected chi connectivity index (χ2v) is 0.751. The Bertz CT molecular complexity index is 125. The summed E-state index contributed by atoms with van der Waals surface area (Å²) in [6, 6.07) is 0. The Hall–Kier alpha value is -1.23. The first-order valence-electron chi connectivity index (χ1n) is 1.66. The van der Waals surface area contributed by atoms with Gasteiger partial charge in [0.25, 0.3) is 0 Å². The smallest absolute Gasteiger partial charge is 0.143 e. The van der Waals surface area contributed by atoms with Gasteiger partial charge in [-0.25, -0.2) is 0 Å². The van der Waals surface area contributed by atoms with Crippen LogP contribution in [-0.2, 0) is 4.79 Å². The fraction of sp³-hybridized carbons (Fsp3) is 0. The zero-order chi connectivity index (χ0) is 5.54. The molecule has 0 saturated heterocycles. The summed E-state index contributed by atoms with van der Waals surface area (Å²) in [4.78, 5) is 9.44. The van der Waals surface area contributed by atoms with Gasteiger partial charge in [-0.3, -0.25) is 4.79 Å². The van der Waals surface area contributed by atoms with Gasteiger partial charge in [0, 0.05) is 0 Å². The summed E-state index contributed by atoms with van der Waals surface area (Å²) >= 11 is 0. The van der Waals surface area contributed by atoms with Crippen LogP contribution >= 0.6 is 0 Å². The number of allylic oxidation sites excluding steroid dienone is 2. The van der Waals surface area contributed by atoms with Crippen molar-refractivity contribution >= 4 is 6.29 Å². The second kappa shape index (κ2) is 4.77. The van der Waals surface area contributed by atoms with Gasteiger partial charge in [-0.2, -0.15) is 0 Å². The van der Waals surface area contributed by atoms with Gasteiger partial charge in [-0.05, 0) is 18.1 Å². The lowest BCUT2D eigenvalue weighted by molar-refractivity contribution is -0.104. The van der Waals surface area contributed by atoms with Gasteiger partial charge in [-0.1, -0.05) is 0 Å². The lowest BCUT2D eigenvalue weighted by atomic mass is 10.5. The summed E-state index contributed by atoms with van der Waals surface area (Å²) in [5, 5.41) is 7.76. The molecule has 0 amide bonds. The third-order valence-electron chi connectivity index (χ3n) is 0.323. The maximum absolute atomic E-state index is 9.44. The highest BCUT2D eigenvalue weighted by molar-refractivity contribution is 5.65. The first-order chi connectivity index (χ1) is 3.41. The van der Waals surface area contributed by atoms with E-state index < -0.39 is 0 Å². The van der Waals surface area contributed by atoms with E-state index >= 15 is 0 Å². The highest BCUT2D eigenvalue weighted by Crippen LogP contribution is 1.58. The third-order valence-corrected chi connectivity index (χ3v) is 0.323. The number of hydrogen-bond acceptors (Lipinski definition) is 2. The minimum atomic E-state index is 0.588. The molecular formula is C5H4O2. The van der Waals surface area contributed by atoms with Crippen molar-refractivity contribution in [1.82, 2.24) is 0 Å². The molecule has 36 valence electrons. The van der Waals surface area contributed by atoms with Gasteiger partial charge in [0.05, 0.1) is 0 Å². The van der Waals surface area contributed by atoms with Crippen molar-refractivity contribution in [3.63, 3.8) is 0 Å². The second-order valence-electron chi connectivity index (χ2n) is 0.751. The number of rotatable bonds is 1. The van der Waals surface area contributed by atoms with Crippen LogP contribution in [0.3, 0.4) is 0 Å². The highest BCUT2D eigenvalue weighted by Gasteiger charge is 1.55. The average molecular weight is 96.1 g/mol.